The summed E-state index contributed by atoms with van der Waals surface area (Å²) in [5.41, 5.74) is 7.25. The normalized spacial score (nSPS) is 17.7. The largest absolute Gasteiger partial charge is 0.457 e. The summed E-state index contributed by atoms with van der Waals surface area (Å²) in [6.07, 6.45) is -1.05. The van der Waals surface area contributed by atoms with Crippen molar-refractivity contribution in [3.05, 3.63) is 186 Å². The van der Waals surface area contributed by atoms with Crippen LogP contribution >= 0.6 is 0 Å². The number of nitrogens with zero attached hydrogens (tertiary/aromatic N) is 1. The van der Waals surface area contributed by atoms with E-state index in [4.69, 9.17) is 14.2 Å². The van der Waals surface area contributed by atoms with E-state index in [1.54, 1.807) is 12.1 Å². The molecule has 9 heteroatoms. The molecule has 1 aliphatic rings. The highest BCUT2D eigenvalue weighted by Crippen LogP contribution is 2.39. The molecular weight excluding hydrogens is 715 g/mol. The van der Waals surface area contributed by atoms with E-state index in [9.17, 15) is 15.0 Å². The van der Waals surface area contributed by atoms with Gasteiger partial charge in [-0.05, 0) is 83.8 Å². The third-order valence-electron chi connectivity index (χ3n) is 10.4. The maximum Gasteiger partial charge on any atom is 0.319 e. The second kappa shape index (κ2) is 18.9. The number of rotatable bonds is 14. The van der Waals surface area contributed by atoms with Crippen LogP contribution in [0.1, 0.15) is 59.7 Å². The average molecular weight is 764 g/mol. The van der Waals surface area contributed by atoms with Gasteiger partial charge in [-0.3, -0.25) is 4.90 Å². The number of benzene rings is 6. The number of hydrogen-bond donors (Lipinski definition) is 4. The summed E-state index contributed by atoms with van der Waals surface area (Å²) in [6.45, 7) is 2.93. The fourth-order valence-corrected chi connectivity index (χ4v) is 7.05. The molecule has 9 nitrogen and oxygen atoms in total. The Kier molecular flexibility index (Phi) is 13.1. The van der Waals surface area contributed by atoms with Crippen LogP contribution in [0, 0.1) is 0 Å². The Labute approximate surface area is 334 Å². The highest BCUT2D eigenvalue weighted by Gasteiger charge is 2.34. The van der Waals surface area contributed by atoms with Gasteiger partial charge in [0.2, 0.25) is 0 Å². The van der Waals surface area contributed by atoms with Crippen LogP contribution in [0.5, 0.6) is 11.5 Å². The number of anilines is 1. The number of para-hydroxylation sites is 1. The molecule has 2 amide bonds. The highest BCUT2D eigenvalue weighted by atomic mass is 16.7. The van der Waals surface area contributed by atoms with E-state index in [-0.39, 0.29) is 30.9 Å². The molecule has 7 rings (SSSR count). The molecule has 0 radical (unpaired) electrons. The van der Waals surface area contributed by atoms with Crippen molar-refractivity contribution in [2.45, 2.75) is 57.1 Å². The van der Waals surface area contributed by atoms with E-state index >= 15 is 0 Å². The van der Waals surface area contributed by atoms with E-state index in [0.717, 1.165) is 44.7 Å². The van der Waals surface area contributed by atoms with Gasteiger partial charge in [0.25, 0.3) is 0 Å². The van der Waals surface area contributed by atoms with Crippen molar-refractivity contribution in [1.82, 2.24) is 10.2 Å². The molecule has 6 aromatic carbocycles. The first-order valence-corrected chi connectivity index (χ1v) is 19.3. The summed E-state index contributed by atoms with van der Waals surface area (Å²) in [5.74, 6) is 1.42. The molecule has 0 unspecified atom stereocenters. The van der Waals surface area contributed by atoms with E-state index in [2.05, 4.69) is 27.7 Å². The van der Waals surface area contributed by atoms with Crippen molar-refractivity contribution in [1.29, 1.82) is 0 Å². The number of urea groups is 1. The molecule has 0 aromatic heterocycles. The molecule has 4 N–H and O–H groups in total. The molecule has 0 aliphatic carbocycles. The van der Waals surface area contributed by atoms with Gasteiger partial charge in [-0.25, -0.2) is 4.79 Å². The first kappa shape index (κ1) is 39.4. The Hall–Kier alpha value is -5.81. The minimum Gasteiger partial charge on any atom is -0.457 e. The van der Waals surface area contributed by atoms with Crippen LogP contribution in [-0.2, 0) is 22.6 Å². The van der Waals surface area contributed by atoms with E-state index in [0.29, 0.717) is 30.9 Å². The molecule has 0 saturated carbocycles. The zero-order valence-electron chi connectivity index (χ0n) is 32.2. The molecule has 292 valence electrons. The number of amides is 2. The lowest BCUT2D eigenvalue weighted by Crippen LogP contribution is -2.43. The molecule has 6 aromatic rings. The Morgan fingerprint density at radius 1 is 0.772 bits per heavy atom. The van der Waals surface area contributed by atoms with Gasteiger partial charge < -0.3 is 35.1 Å². The molecule has 1 fully saturated rings. The van der Waals surface area contributed by atoms with Crippen LogP contribution in [0.15, 0.2) is 158 Å². The minimum atomic E-state index is -0.646. The minimum absolute atomic E-state index is 0.0220. The number of ether oxygens (including phenoxy) is 3. The highest BCUT2D eigenvalue weighted by molar-refractivity contribution is 5.89. The van der Waals surface area contributed by atoms with Crippen LogP contribution < -0.4 is 15.4 Å². The molecule has 1 saturated heterocycles. The summed E-state index contributed by atoms with van der Waals surface area (Å²) in [5, 5.41) is 26.7. The predicted molar refractivity (Wildman–Crippen MR) is 223 cm³/mol. The fraction of sp³-hybridized carbons (Fsp3) is 0.229. The molecule has 5 atom stereocenters. The predicted octanol–water partition coefficient (Wildman–Crippen LogP) is 9.56. The number of carbonyl (C=O) groups is 1. The second-order valence-corrected chi connectivity index (χ2v) is 14.4. The average Bonchev–Trinajstić information content (AvgIpc) is 3.26. The van der Waals surface area contributed by atoms with Gasteiger partial charge in [0.1, 0.15) is 11.5 Å². The molecule has 1 heterocycles. The topological polar surface area (TPSA) is 113 Å². The maximum atomic E-state index is 12.9. The summed E-state index contributed by atoms with van der Waals surface area (Å²) >= 11 is 0. The van der Waals surface area contributed by atoms with Crippen LogP contribution in [0.4, 0.5) is 10.5 Å². The van der Waals surface area contributed by atoms with E-state index in [1.807, 2.05) is 147 Å². The van der Waals surface area contributed by atoms with Crippen molar-refractivity contribution in [3.63, 3.8) is 0 Å². The number of nitrogens with one attached hydrogen (secondary N) is 2. The van der Waals surface area contributed by atoms with Crippen LogP contribution in [0.2, 0.25) is 0 Å². The number of hydrogen-bond acceptors (Lipinski definition) is 7. The van der Waals surface area contributed by atoms with Crippen molar-refractivity contribution in [2.24, 2.45) is 0 Å². The standard InChI is InChI=1S/C48H49N3O6/c1-33(46(53)37-11-5-3-6-12-37)51(2)31-43-29-45(36-19-17-34(32-52)18-20-36)57-47(56-43)38-23-21-35(22-24-38)44-16-10-9-13-39(44)30-49-48(54)50-40-25-27-42(28-26-40)55-41-14-7-4-8-15-41/h3-28,33,43,45-47,52-53H,29-32H2,1-2H3,(H2,49,50,54)/t33-,43+,45-,46-,47-/m0/s1. The van der Waals surface area contributed by atoms with Crippen LogP contribution in [0.3, 0.4) is 0 Å². The number of aliphatic hydroxyl groups is 2. The summed E-state index contributed by atoms with van der Waals surface area (Å²) < 4.78 is 19.1. The Morgan fingerprint density at radius 2 is 1.40 bits per heavy atom. The SMILES string of the molecule is C[C@@H]([C@H](O)c1ccccc1)N(C)C[C@H]1C[C@@H](c2ccc(CO)cc2)O[C@@H](c2ccc(-c3ccccc3CNC(=O)Nc3ccc(Oc4ccccc4)cc3)cc2)O1. The summed E-state index contributed by atoms with van der Waals surface area (Å²) in [6, 6.07) is 50.1. The Morgan fingerprint density at radius 3 is 2.11 bits per heavy atom. The summed E-state index contributed by atoms with van der Waals surface area (Å²) in [7, 11) is 2.01. The van der Waals surface area contributed by atoms with Crippen molar-refractivity contribution in [3.8, 4) is 22.6 Å². The Bertz CT molecular complexity index is 2170. The monoisotopic (exact) mass is 763 g/mol. The summed E-state index contributed by atoms with van der Waals surface area (Å²) in [4.78, 5) is 15.1. The molecule has 0 bridgehead atoms. The Balaban J connectivity index is 1.01. The van der Waals surface area contributed by atoms with Crippen LogP contribution in [0.25, 0.3) is 11.1 Å². The van der Waals surface area contributed by atoms with Gasteiger partial charge in [-0.15, -0.1) is 0 Å². The zero-order chi connectivity index (χ0) is 39.6. The van der Waals surface area contributed by atoms with Gasteiger partial charge in [-0.1, -0.05) is 121 Å². The fourth-order valence-electron chi connectivity index (χ4n) is 7.05. The van der Waals surface area contributed by atoms with Gasteiger partial charge in [0, 0.05) is 36.8 Å². The van der Waals surface area contributed by atoms with Crippen molar-refractivity contribution >= 4 is 11.7 Å². The van der Waals surface area contributed by atoms with E-state index < -0.39 is 12.4 Å². The first-order valence-electron chi connectivity index (χ1n) is 19.3. The smallest absolute Gasteiger partial charge is 0.319 e. The quantitative estimate of drug-likeness (QED) is 0.0875. The number of aliphatic hydroxyl groups excluding tert-OH is 2. The maximum absolute atomic E-state index is 12.9. The van der Waals surface area contributed by atoms with Crippen molar-refractivity contribution < 1.29 is 29.2 Å². The number of carbonyl (C=O) groups excluding carboxylic acids is 1. The first-order chi connectivity index (χ1) is 27.8. The molecular formula is C48H49N3O6. The zero-order valence-corrected chi connectivity index (χ0v) is 32.2. The van der Waals surface area contributed by atoms with Gasteiger partial charge in [0.15, 0.2) is 6.29 Å². The van der Waals surface area contributed by atoms with E-state index in [1.165, 1.54) is 0 Å². The second-order valence-electron chi connectivity index (χ2n) is 14.4. The number of likely N-dealkylation sites (N-methyl/N-ethyl adjacent to an activating group) is 1. The lowest BCUT2D eigenvalue weighted by atomic mass is 9.97. The third-order valence-corrected chi connectivity index (χ3v) is 10.4. The van der Waals surface area contributed by atoms with Crippen molar-refractivity contribution in [2.75, 3.05) is 18.9 Å². The van der Waals surface area contributed by atoms with Gasteiger partial charge in [-0.2, -0.15) is 0 Å². The molecule has 0 spiro atoms. The van der Waals surface area contributed by atoms with Gasteiger partial charge in [0.05, 0.1) is 24.9 Å². The van der Waals surface area contributed by atoms with Gasteiger partial charge >= 0.3 is 6.03 Å². The van der Waals surface area contributed by atoms with Crippen LogP contribution in [-0.4, -0.2) is 46.9 Å². The molecule has 57 heavy (non-hydrogen) atoms. The molecule has 1 aliphatic heterocycles. The lowest BCUT2D eigenvalue weighted by Gasteiger charge is -2.39. The third kappa shape index (κ3) is 10.3. The lowest BCUT2D eigenvalue weighted by molar-refractivity contribution is -0.253.